The molecule has 0 bridgehead atoms. The number of halogens is 1. The van der Waals surface area contributed by atoms with Crippen LogP contribution in [0.15, 0.2) is 23.1 Å². The molecule has 0 atom stereocenters. The molecule has 1 aromatic carbocycles. The second kappa shape index (κ2) is 6.36. The van der Waals surface area contributed by atoms with Crippen LogP contribution in [0.5, 0.6) is 0 Å². The molecule has 0 saturated carbocycles. The van der Waals surface area contributed by atoms with Crippen LogP contribution in [0.3, 0.4) is 0 Å². The monoisotopic (exact) mass is 273 g/mol. The Kier molecular flexibility index (Phi) is 5.11. The van der Waals surface area contributed by atoms with Crippen molar-refractivity contribution in [2.45, 2.75) is 4.90 Å². The van der Waals surface area contributed by atoms with Gasteiger partial charge in [0.1, 0.15) is 0 Å². The van der Waals surface area contributed by atoms with Crippen molar-refractivity contribution in [1.29, 1.82) is 0 Å². The van der Waals surface area contributed by atoms with Crippen molar-refractivity contribution >= 4 is 41.0 Å². The lowest BCUT2D eigenvalue weighted by atomic mass is 10.3. The Bertz CT molecular complexity index is 440. The summed E-state index contributed by atoms with van der Waals surface area (Å²) >= 11 is 7.10. The van der Waals surface area contributed by atoms with E-state index < -0.39 is 6.03 Å². The molecule has 0 unspecified atom stereocenters. The molecular formula is C10H12ClN3O2S. The molecule has 1 aromatic rings. The number of nitrogen functional groups attached to an aromatic ring is 1. The topological polar surface area (TPSA) is 84.2 Å². The number of amides is 3. The minimum atomic E-state index is -0.522. The van der Waals surface area contributed by atoms with Gasteiger partial charge in [-0.2, -0.15) is 0 Å². The maximum absolute atomic E-state index is 11.3. The molecule has 0 fully saturated rings. The van der Waals surface area contributed by atoms with Crippen LogP contribution < -0.4 is 16.4 Å². The van der Waals surface area contributed by atoms with E-state index in [-0.39, 0.29) is 11.7 Å². The molecule has 0 aliphatic heterocycles. The number of nitrogens with one attached hydrogen (secondary N) is 2. The summed E-state index contributed by atoms with van der Waals surface area (Å²) in [7, 11) is 1.44. The van der Waals surface area contributed by atoms with Gasteiger partial charge in [0, 0.05) is 11.9 Å². The van der Waals surface area contributed by atoms with Gasteiger partial charge >= 0.3 is 6.03 Å². The summed E-state index contributed by atoms with van der Waals surface area (Å²) in [6.45, 7) is 0. The molecule has 0 saturated heterocycles. The van der Waals surface area contributed by atoms with E-state index in [1.165, 1.54) is 18.8 Å². The Hall–Kier alpha value is -1.40. The second-order valence-corrected chi connectivity index (χ2v) is 4.56. The number of imide groups is 1. The number of benzene rings is 1. The van der Waals surface area contributed by atoms with Gasteiger partial charge in [-0.1, -0.05) is 11.6 Å². The molecule has 0 aromatic heterocycles. The number of urea groups is 1. The van der Waals surface area contributed by atoms with Crippen molar-refractivity contribution in [3.63, 3.8) is 0 Å². The van der Waals surface area contributed by atoms with Crippen LogP contribution in [-0.2, 0) is 4.79 Å². The van der Waals surface area contributed by atoms with Gasteiger partial charge < -0.3 is 11.1 Å². The average Bonchev–Trinajstić information content (AvgIpc) is 2.30. The molecule has 0 aliphatic carbocycles. The minimum absolute atomic E-state index is 0.133. The normalized spacial score (nSPS) is 9.76. The van der Waals surface area contributed by atoms with Crippen molar-refractivity contribution in [1.82, 2.24) is 10.6 Å². The van der Waals surface area contributed by atoms with Gasteiger partial charge in [-0.05, 0) is 18.2 Å². The van der Waals surface area contributed by atoms with Crippen LogP contribution in [0.2, 0.25) is 5.02 Å². The molecule has 0 spiro atoms. The van der Waals surface area contributed by atoms with Gasteiger partial charge in [0.25, 0.3) is 0 Å². The lowest BCUT2D eigenvalue weighted by Crippen LogP contribution is -2.38. The van der Waals surface area contributed by atoms with Crippen LogP contribution in [0.1, 0.15) is 0 Å². The van der Waals surface area contributed by atoms with Crippen molar-refractivity contribution in [2.75, 3.05) is 18.5 Å². The zero-order valence-corrected chi connectivity index (χ0v) is 10.7. The number of nitrogens with two attached hydrogens (primary N) is 1. The number of anilines is 1. The van der Waals surface area contributed by atoms with Crippen molar-refractivity contribution < 1.29 is 9.59 Å². The zero-order chi connectivity index (χ0) is 12.8. The smallest absolute Gasteiger partial charge is 0.321 e. The molecule has 92 valence electrons. The first kappa shape index (κ1) is 13.7. The summed E-state index contributed by atoms with van der Waals surface area (Å²) in [5.41, 5.74) is 6.05. The van der Waals surface area contributed by atoms with E-state index in [1.54, 1.807) is 18.2 Å². The average molecular weight is 274 g/mol. The van der Waals surface area contributed by atoms with E-state index in [1.807, 2.05) is 0 Å². The summed E-state index contributed by atoms with van der Waals surface area (Å²) in [4.78, 5) is 22.9. The van der Waals surface area contributed by atoms with Crippen molar-refractivity contribution in [3.05, 3.63) is 23.2 Å². The van der Waals surface area contributed by atoms with Crippen molar-refractivity contribution in [2.24, 2.45) is 0 Å². The van der Waals surface area contributed by atoms with Crippen LogP contribution in [-0.4, -0.2) is 24.7 Å². The highest BCUT2D eigenvalue weighted by Crippen LogP contribution is 2.26. The van der Waals surface area contributed by atoms with Gasteiger partial charge in [-0.25, -0.2) is 4.79 Å². The fourth-order valence-electron chi connectivity index (χ4n) is 0.972. The van der Waals surface area contributed by atoms with Gasteiger partial charge in [-0.15, -0.1) is 11.8 Å². The highest BCUT2D eigenvalue weighted by molar-refractivity contribution is 8.00. The summed E-state index contributed by atoms with van der Waals surface area (Å²) in [6, 6.07) is 4.58. The highest BCUT2D eigenvalue weighted by atomic mass is 35.5. The summed E-state index contributed by atoms with van der Waals surface area (Å²) in [5.74, 6) is -0.240. The van der Waals surface area contributed by atoms with Gasteiger partial charge in [0.05, 0.1) is 16.5 Å². The molecule has 0 aliphatic rings. The third kappa shape index (κ3) is 4.54. The predicted molar refractivity (Wildman–Crippen MR) is 69.2 cm³/mol. The Labute approximate surface area is 108 Å². The maximum Gasteiger partial charge on any atom is 0.321 e. The lowest BCUT2D eigenvalue weighted by Gasteiger charge is -2.04. The number of thioether (sulfide) groups is 1. The van der Waals surface area contributed by atoms with Gasteiger partial charge in [0.2, 0.25) is 5.91 Å². The third-order valence-electron chi connectivity index (χ3n) is 1.82. The van der Waals surface area contributed by atoms with Gasteiger partial charge in [0.15, 0.2) is 0 Å². The quantitative estimate of drug-likeness (QED) is 0.575. The molecule has 5 nitrogen and oxygen atoms in total. The second-order valence-electron chi connectivity index (χ2n) is 3.10. The fourth-order valence-corrected chi connectivity index (χ4v) is 1.95. The number of carbonyl (C=O) groups is 2. The Morgan fingerprint density at radius 3 is 2.76 bits per heavy atom. The minimum Gasteiger partial charge on any atom is -0.398 e. The van der Waals surface area contributed by atoms with E-state index >= 15 is 0 Å². The van der Waals surface area contributed by atoms with E-state index in [4.69, 9.17) is 17.3 Å². The maximum atomic E-state index is 11.3. The molecule has 7 heteroatoms. The molecule has 1 rings (SSSR count). The van der Waals surface area contributed by atoms with Crippen LogP contribution in [0.4, 0.5) is 10.5 Å². The molecule has 3 amide bonds. The standard InChI is InChI=1S/C10H12ClN3O2S/c1-13-10(16)14-9(15)5-17-6-2-3-8(12)7(11)4-6/h2-4H,5,12H2,1H3,(H2,13,14,15,16). The largest absolute Gasteiger partial charge is 0.398 e. The zero-order valence-electron chi connectivity index (χ0n) is 9.12. The van der Waals surface area contributed by atoms with Crippen LogP contribution in [0, 0.1) is 0 Å². The van der Waals surface area contributed by atoms with Gasteiger partial charge in [-0.3, -0.25) is 10.1 Å². The molecule has 0 radical (unpaired) electrons. The van der Waals surface area contributed by atoms with E-state index in [2.05, 4.69) is 10.6 Å². The lowest BCUT2D eigenvalue weighted by molar-refractivity contribution is -0.117. The number of hydrogen-bond acceptors (Lipinski definition) is 4. The Morgan fingerprint density at radius 2 is 2.18 bits per heavy atom. The first-order chi connectivity index (χ1) is 8.02. The van der Waals surface area contributed by atoms with E-state index in [9.17, 15) is 9.59 Å². The highest BCUT2D eigenvalue weighted by Gasteiger charge is 2.07. The SMILES string of the molecule is CNC(=O)NC(=O)CSc1ccc(N)c(Cl)c1. The van der Waals surface area contributed by atoms with Crippen LogP contribution >= 0.6 is 23.4 Å². The Morgan fingerprint density at radius 1 is 1.47 bits per heavy atom. The molecule has 4 N–H and O–H groups in total. The van der Waals surface area contributed by atoms with Crippen LogP contribution in [0.25, 0.3) is 0 Å². The summed E-state index contributed by atoms with van der Waals surface area (Å²) in [5, 5.41) is 4.90. The summed E-state index contributed by atoms with van der Waals surface area (Å²) in [6.07, 6.45) is 0. The third-order valence-corrected chi connectivity index (χ3v) is 3.14. The first-order valence-corrected chi connectivity index (χ1v) is 6.08. The van der Waals surface area contributed by atoms with Crippen molar-refractivity contribution in [3.8, 4) is 0 Å². The molecule has 0 heterocycles. The molecular weight excluding hydrogens is 262 g/mol. The van der Waals surface area contributed by atoms with E-state index in [0.29, 0.717) is 10.7 Å². The first-order valence-electron chi connectivity index (χ1n) is 4.72. The summed E-state index contributed by atoms with van der Waals surface area (Å²) < 4.78 is 0. The number of rotatable bonds is 3. The number of hydrogen-bond donors (Lipinski definition) is 3. The number of carbonyl (C=O) groups excluding carboxylic acids is 2. The van der Waals surface area contributed by atoms with E-state index in [0.717, 1.165) is 4.90 Å². The molecule has 17 heavy (non-hydrogen) atoms. The fraction of sp³-hybridized carbons (Fsp3) is 0.200. The Balaban J connectivity index is 2.47. The predicted octanol–water partition coefficient (Wildman–Crippen LogP) is 1.47.